The summed E-state index contributed by atoms with van der Waals surface area (Å²) >= 11 is 1.72. The molecule has 1 fully saturated rings. The lowest BCUT2D eigenvalue weighted by Gasteiger charge is -2.02. The number of aryl methyl sites for hydroxylation is 1. The highest BCUT2D eigenvalue weighted by molar-refractivity contribution is 7.11. The van der Waals surface area contributed by atoms with Gasteiger partial charge in [0.15, 0.2) is 5.69 Å². The molecule has 2 aromatic rings. The minimum Gasteiger partial charge on any atom is -0.395 e. The molecular formula is C14H18N4OS. The summed E-state index contributed by atoms with van der Waals surface area (Å²) in [5, 5.41) is 9.82. The van der Waals surface area contributed by atoms with Crippen molar-refractivity contribution in [1.29, 1.82) is 0 Å². The lowest BCUT2D eigenvalue weighted by Crippen LogP contribution is -2.23. The molecule has 20 heavy (non-hydrogen) atoms. The fourth-order valence-corrected chi connectivity index (χ4v) is 3.08. The number of carbonyl (C=O) groups is 1. The number of H-pyrrole nitrogens is 1. The number of nitrogens with two attached hydrogens (primary N) is 1. The number of nitrogens with one attached hydrogen (secondary N) is 2. The third-order valence-corrected chi connectivity index (χ3v) is 4.75. The predicted molar refractivity (Wildman–Crippen MR) is 79.8 cm³/mol. The zero-order valence-corrected chi connectivity index (χ0v) is 12.2. The van der Waals surface area contributed by atoms with Crippen LogP contribution in [0.15, 0.2) is 12.1 Å². The summed E-state index contributed by atoms with van der Waals surface area (Å²) in [4.78, 5) is 14.6. The molecular weight excluding hydrogens is 272 g/mol. The molecule has 1 aliphatic carbocycles. The van der Waals surface area contributed by atoms with Crippen LogP contribution in [0, 0.1) is 0 Å². The van der Waals surface area contributed by atoms with Gasteiger partial charge >= 0.3 is 0 Å². The van der Waals surface area contributed by atoms with Gasteiger partial charge in [-0.25, -0.2) is 0 Å². The molecule has 106 valence electrons. The zero-order chi connectivity index (χ0) is 14.1. The Labute approximate surface area is 121 Å². The number of hydrogen-bond donors (Lipinski definition) is 3. The van der Waals surface area contributed by atoms with Gasteiger partial charge in [0.05, 0.1) is 17.9 Å². The lowest BCUT2D eigenvalue weighted by molar-refractivity contribution is 0.0947. The molecule has 0 aliphatic heterocycles. The van der Waals surface area contributed by atoms with Crippen molar-refractivity contribution >= 4 is 22.9 Å². The molecule has 2 heterocycles. The third kappa shape index (κ3) is 2.56. The van der Waals surface area contributed by atoms with E-state index in [1.54, 1.807) is 11.3 Å². The van der Waals surface area contributed by atoms with Gasteiger partial charge < -0.3 is 11.1 Å². The number of nitrogen functional groups attached to an aromatic ring is 1. The Balaban J connectivity index is 1.64. The molecule has 0 atom stereocenters. The van der Waals surface area contributed by atoms with E-state index in [1.165, 1.54) is 4.88 Å². The summed E-state index contributed by atoms with van der Waals surface area (Å²) in [6, 6.07) is 4.15. The second-order valence-corrected chi connectivity index (χ2v) is 6.33. The lowest BCUT2D eigenvalue weighted by atomic mass is 10.2. The summed E-state index contributed by atoms with van der Waals surface area (Å²) in [6.07, 6.45) is 3.28. The molecule has 0 aromatic carbocycles. The van der Waals surface area contributed by atoms with E-state index in [9.17, 15) is 4.79 Å². The number of nitrogens with zero attached hydrogens (tertiary/aromatic N) is 1. The van der Waals surface area contributed by atoms with Crippen LogP contribution in [0.2, 0.25) is 0 Å². The first kappa shape index (κ1) is 13.2. The normalized spacial score (nSPS) is 14.4. The summed E-state index contributed by atoms with van der Waals surface area (Å²) in [6.45, 7) is 2.65. The van der Waals surface area contributed by atoms with Gasteiger partial charge in [-0.15, -0.1) is 11.3 Å². The van der Waals surface area contributed by atoms with Crippen molar-refractivity contribution in [3.8, 4) is 0 Å². The highest BCUT2D eigenvalue weighted by atomic mass is 32.1. The summed E-state index contributed by atoms with van der Waals surface area (Å²) in [7, 11) is 0. The Bertz CT molecular complexity index is 627. The molecule has 1 saturated carbocycles. The van der Waals surface area contributed by atoms with Gasteiger partial charge in [-0.05, 0) is 31.4 Å². The first-order valence-electron chi connectivity index (χ1n) is 6.88. The van der Waals surface area contributed by atoms with E-state index in [0.29, 0.717) is 23.8 Å². The molecule has 0 unspecified atom stereocenters. The molecule has 6 heteroatoms. The highest BCUT2D eigenvalue weighted by Gasteiger charge is 2.30. The van der Waals surface area contributed by atoms with Gasteiger partial charge in [-0.1, -0.05) is 6.92 Å². The van der Waals surface area contributed by atoms with E-state index in [2.05, 4.69) is 28.5 Å². The van der Waals surface area contributed by atoms with E-state index in [-0.39, 0.29) is 5.91 Å². The molecule has 3 rings (SSSR count). The molecule has 0 bridgehead atoms. The largest absolute Gasteiger partial charge is 0.395 e. The highest BCUT2D eigenvalue weighted by Crippen LogP contribution is 2.42. The topological polar surface area (TPSA) is 83.8 Å². The molecule has 1 aliphatic rings. The van der Waals surface area contributed by atoms with E-state index in [4.69, 9.17) is 5.73 Å². The van der Waals surface area contributed by atoms with Crippen molar-refractivity contribution < 1.29 is 4.79 Å². The maximum Gasteiger partial charge on any atom is 0.274 e. The van der Waals surface area contributed by atoms with Crippen LogP contribution >= 0.6 is 11.3 Å². The number of aromatic nitrogens is 2. The Morgan fingerprint density at radius 2 is 2.25 bits per heavy atom. The third-order valence-electron chi connectivity index (χ3n) is 3.52. The van der Waals surface area contributed by atoms with Gasteiger partial charge in [-0.3, -0.25) is 9.89 Å². The molecule has 0 radical (unpaired) electrons. The van der Waals surface area contributed by atoms with E-state index >= 15 is 0 Å². The van der Waals surface area contributed by atoms with Gasteiger partial charge in [0, 0.05) is 15.7 Å². The van der Waals surface area contributed by atoms with Crippen LogP contribution in [-0.2, 0) is 13.0 Å². The second kappa shape index (κ2) is 5.28. The van der Waals surface area contributed by atoms with Crippen LogP contribution in [-0.4, -0.2) is 16.1 Å². The molecule has 2 aromatic heterocycles. The van der Waals surface area contributed by atoms with Crippen LogP contribution < -0.4 is 11.1 Å². The Morgan fingerprint density at radius 3 is 2.90 bits per heavy atom. The average molecular weight is 290 g/mol. The second-order valence-electron chi connectivity index (χ2n) is 5.08. The van der Waals surface area contributed by atoms with Crippen molar-refractivity contribution in [2.24, 2.45) is 0 Å². The summed E-state index contributed by atoms with van der Waals surface area (Å²) < 4.78 is 0. The number of anilines is 1. The number of hydrogen-bond acceptors (Lipinski definition) is 4. The van der Waals surface area contributed by atoms with Gasteiger partial charge in [0.2, 0.25) is 0 Å². The molecule has 5 nitrogen and oxygen atoms in total. The summed E-state index contributed by atoms with van der Waals surface area (Å²) in [5.74, 6) is 0.255. The smallest absolute Gasteiger partial charge is 0.274 e. The van der Waals surface area contributed by atoms with Crippen molar-refractivity contribution in [3.63, 3.8) is 0 Å². The quantitative estimate of drug-likeness (QED) is 0.790. The number of carbonyl (C=O) groups excluding carboxylic acids is 1. The minimum absolute atomic E-state index is 0.211. The van der Waals surface area contributed by atoms with E-state index in [1.807, 2.05) is 6.07 Å². The zero-order valence-electron chi connectivity index (χ0n) is 11.4. The minimum atomic E-state index is -0.211. The van der Waals surface area contributed by atoms with Crippen LogP contribution in [0.4, 0.5) is 5.69 Å². The van der Waals surface area contributed by atoms with Crippen LogP contribution in [0.1, 0.15) is 51.6 Å². The van der Waals surface area contributed by atoms with Crippen molar-refractivity contribution in [2.45, 2.75) is 38.6 Å². The predicted octanol–water partition coefficient (Wildman–Crippen LogP) is 2.42. The first-order chi connectivity index (χ1) is 9.69. The molecule has 4 N–H and O–H groups in total. The number of amides is 1. The van der Waals surface area contributed by atoms with Gasteiger partial charge in [0.25, 0.3) is 5.91 Å². The van der Waals surface area contributed by atoms with Crippen LogP contribution in [0.25, 0.3) is 0 Å². The number of thiophene rings is 1. The SMILES string of the molecule is CCc1ccc(CNC(=O)c2n[nH]c(C3CC3)c2N)s1. The summed E-state index contributed by atoms with van der Waals surface area (Å²) in [5.41, 5.74) is 7.73. The maximum atomic E-state index is 12.1. The Hall–Kier alpha value is -1.82. The molecule has 0 spiro atoms. The number of rotatable bonds is 5. The van der Waals surface area contributed by atoms with Crippen molar-refractivity contribution in [3.05, 3.63) is 33.3 Å². The van der Waals surface area contributed by atoms with Crippen LogP contribution in [0.3, 0.4) is 0 Å². The van der Waals surface area contributed by atoms with Crippen LogP contribution in [0.5, 0.6) is 0 Å². The standard InChI is InChI=1S/C14H18N4OS/c1-2-9-5-6-10(20-9)7-16-14(19)13-11(15)12(17-18-13)8-3-4-8/h5-6,8H,2-4,7,15H2,1H3,(H,16,19)(H,17,18). The number of aromatic amines is 1. The maximum absolute atomic E-state index is 12.1. The molecule has 1 amide bonds. The average Bonchev–Trinajstić information content (AvgIpc) is 3.06. The monoisotopic (exact) mass is 290 g/mol. The van der Waals surface area contributed by atoms with Crippen molar-refractivity contribution in [2.75, 3.05) is 5.73 Å². The Kier molecular flexibility index (Phi) is 3.48. The van der Waals surface area contributed by atoms with Gasteiger partial charge in [0.1, 0.15) is 0 Å². The van der Waals surface area contributed by atoms with Crippen molar-refractivity contribution in [1.82, 2.24) is 15.5 Å². The Morgan fingerprint density at radius 1 is 1.50 bits per heavy atom. The fourth-order valence-electron chi connectivity index (χ4n) is 2.18. The first-order valence-corrected chi connectivity index (χ1v) is 7.70. The van der Waals surface area contributed by atoms with E-state index < -0.39 is 0 Å². The fraction of sp³-hybridized carbons (Fsp3) is 0.429. The van der Waals surface area contributed by atoms with E-state index in [0.717, 1.165) is 29.8 Å². The van der Waals surface area contributed by atoms with Gasteiger partial charge in [-0.2, -0.15) is 5.10 Å². The molecule has 0 saturated heterocycles.